The first-order chi connectivity index (χ1) is 7.83. The molecule has 2 nitrogen and oxygen atoms in total. The summed E-state index contributed by atoms with van der Waals surface area (Å²) in [6.45, 7) is 7.93. The molecule has 0 amide bonds. The van der Waals surface area contributed by atoms with Crippen LogP contribution in [0.25, 0.3) is 0 Å². The van der Waals surface area contributed by atoms with Crippen molar-refractivity contribution in [2.45, 2.75) is 52.6 Å². The minimum Gasteiger partial charge on any atom is -0.390 e. The quantitative estimate of drug-likeness (QED) is 0.654. The molecular formula is C15H22O2. The van der Waals surface area contributed by atoms with Gasteiger partial charge in [0, 0.05) is 0 Å². The van der Waals surface area contributed by atoms with Crippen molar-refractivity contribution in [3.05, 3.63) is 22.8 Å². The first-order valence-electron chi connectivity index (χ1n) is 6.44. The number of fused-ring (bicyclic) bond motifs is 1. The van der Waals surface area contributed by atoms with Gasteiger partial charge in [0.1, 0.15) is 0 Å². The van der Waals surface area contributed by atoms with Gasteiger partial charge in [-0.05, 0) is 70.4 Å². The van der Waals surface area contributed by atoms with Gasteiger partial charge >= 0.3 is 0 Å². The van der Waals surface area contributed by atoms with Crippen molar-refractivity contribution in [1.29, 1.82) is 0 Å². The summed E-state index contributed by atoms with van der Waals surface area (Å²) in [5, 5.41) is 10.5. The van der Waals surface area contributed by atoms with Crippen LogP contribution in [0.3, 0.4) is 0 Å². The molecule has 3 atom stereocenters. The molecule has 94 valence electrons. The number of hydrogen-bond acceptors (Lipinski definition) is 2. The van der Waals surface area contributed by atoms with Gasteiger partial charge in [-0.2, -0.15) is 0 Å². The maximum atomic E-state index is 12.1. The van der Waals surface area contributed by atoms with Crippen LogP contribution in [-0.2, 0) is 4.79 Å². The smallest absolute Gasteiger partial charge is 0.181 e. The van der Waals surface area contributed by atoms with Gasteiger partial charge in [0.2, 0.25) is 0 Å². The molecule has 2 aliphatic rings. The molecule has 0 aromatic heterocycles. The summed E-state index contributed by atoms with van der Waals surface area (Å²) in [6.07, 6.45) is 4.36. The van der Waals surface area contributed by atoms with Crippen LogP contribution in [0.1, 0.15) is 47.0 Å². The highest BCUT2D eigenvalue weighted by molar-refractivity contribution is 6.05. The highest BCUT2D eigenvalue weighted by atomic mass is 16.3. The Morgan fingerprint density at radius 2 is 2.12 bits per heavy atom. The third-order valence-corrected chi connectivity index (χ3v) is 4.51. The first kappa shape index (κ1) is 12.6. The van der Waals surface area contributed by atoms with Crippen molar-refractivity contribution in [2.24, 2.45) is 11.8 Å². The minimum atomic E-state index is -0.620. The molecule has 0 heterocycles. The lowest BCUT2D eigenvalue weighted by molar-refractivity contribution is -0.111. The summed E-state index contributed by atoms with van der Waals surface area (Å²) in [7, 11) is 0. The second-order valence-corrected chi connectivity index (χ2v) is 6.04. The average molecular weight is 234 g/mol. The molecule has 0 bridgehead atoms. The fourth-order valence-corrected chi connectivity index (χ4v) is 3.35. The molecule has 17 heavy (non-hydrogen) atoms. The molecule has 0 spiro atoms. The Morgan fingerprint density at radius 1 is 1.47 bits per heavy atom. The summed E-state index contributed by atoms with van der Waals surface area (Å²) in [6, 6.07) is 0. The van der Waals surface area contributed by atoms with Gasteiger partial charge in [-0.15, -0.1) is 0 Å². The van der Waals surface area contributed by atoms with E-state index in [2.05, 4.69) is 0 Å². The molecule has 0 aliphatic heterocycles. The van der Waals surface area contributed by atoms with Gasteiger partial charge < -0.3 is 5.11 Å². The molecule has 0 aromatic rings. The van der Waals surface area contributed by atoms with Crippen LogP contribution >= 0.6 is 0 Å². The third kappa shape index (κ3) is 2.11. The fourth-order valence-electron chi connectivity index (χ4n) is 3.35. The number of aliphatic hydroxyl groups is 1. The van der Waals surface area contributed by atoms with Crippen LogP contribution in [0, 0.1) is 11.8 Å². The Morgan fingerprint density at radius 3 is 2.71 bits per heavy atom. The highest BCUT2D eigenvalue weighted by Gasteiger charge is 2.46. The van der Waals surface area contributed by atoms with Crippen LogP contribution < -0.4 is 0 Å². The molecule has 2 heteroatoms. The van der Waals surface area contributed by atoms with Crippen molar-refractivity contribution in [3.63, 3.8) is 0 Å². The Labute approximate surface area is 103 Å². The topological polar surface area (TPSA) is 37.3 Å². The van der Waals surface area contributed by atoms with Crippen molar-refractivity contribution >= 4 is 5.78 Å². The van der Waals surface area contributed by atoms with Crippen LogP contribution in [0.15, 0.2) is 22.8 Å². The van der Waals surface area contributed by atoms with E-state index in [1.54, 1.807) is 6.08 Å². The average Bonchev–Trinajstić information content (AvgIpc) is 2.41. The van der Waals surface area contributed by atoms with E-state index >= 15 is 0 Å². The number of carbonyl (C=O) groups is 1. The Bertz CT molecular complexity index is 409. The SMILES string of the molecule is CC1=CC(=O)C(=C(C)C)C[C@@H]2[C@@H]1CC[C@@]2(C)O. The molecule has 2 rings (SSSR count). The summed E-state index contributed by atoms with van der Waals surface area (Å²) >= 11 is 0. The largest absolute Gasteiger partial charge is 0.390 e. The maximum absolute atomic E-state index is 12.1. The summed E-state index contributed by atoms with van der Waals surface area (Å²) in [4.78, 5) is 12.1. The van der Waals surface area contributed by atoms with Gasteiger partial charge in [-0.3, -0.25) is 4.79 Å². The highest BCUT2D eigenvalue weighted by Crippen LogP contribution is 2.48. The Hall–Kier alpha value is -0.890. The minimum absolute atomic E-state index is 0.146. The summed E-state index contributed by atoms with van der Waals surface area (Å²) in [5.41, 5.74) is 2.51. The molecule has 0 aromatic carbocycles. The van der Waals surface area contributed by atoms with Crippen molar-refractivity contribution < 1.29 is 9.90 Å². The second kappa shape index (κ2) is 4.09. The van der Waals surface area contributed by atoms with Crippen molar-refractivity contribution in [1.82, 2.24) is 0 Å². The van der Waals surface area contributed by atoms with Crippen LogP contribution in [0.2, 0.25) is 0 Å². The lowest BCUT2D eigenvalue weighted by Crippen LogP contribution is -2.32. The monoisotopic (exact) mass is 234 g/mol. The zero-order chi connectivity index (χ0) is 12.8. The van der Waals surface area contributed by atoms with E-state index < -0.39 is 5.60 Å². The fraction of sp³-hybridized carbons (Fsp3) is 0.667. The molecule has 1 saturated carbocycles. The molecule has 0 saturated heterocycles. The molecule has 0 unspecified atom stereocenters. The standard InChI is InChI=1S/C15H22O2/c1-9(2)12-8-13-11(5-6-15(13,4)17)10(3)7-14(12)16/h7,11,13,17H,5-6,8H2,1-4H3/t11-,13-,15-/m1/s1. The lowest BCUT2D eigenvalue weighted by Gasteiger charge is -2.29. The Balaban J connectivity index is 2.45. The maximum Gasteiger partial charge on any atom is 0.181 e. The Kier molecular flexibility index (Phi) is 3.03. The van der Waals surface area contributed by atoms with E-state index in [1.807, 2.05) is 27.7 Å². The van der Waals surface area contributed by atoms with Crippen LogP contribution in [0.4, 0.5) is 0 Å². The van der Waals surface area contributed by atoms with Gasteiger partial charge in [0.15, 0.2) is 5.78 Å². The zero-order valence-electron chi connectivity index (χ0n) is 11.2. The van der Waals surface area contributed by atoms with Gasteiger partial charge in [0.25, 0.3) is 0 Å². The number of carbonyl (C=O) groups excluding carboxylic acids is 1. The predicted molar refractivity (Wildman–Crippen MR) is 68.6 cm³/mol. The van der Waals surface area contributed by atoms with E-state index in [1.165, 1.54) is 0 Å². The van der Waals surface area contributed by atoms with Gasteiger partial charge in [-0.25, -0.2) is 0 Å². The number of ketones is 1. The number of rotatable bonds is 0. The number of allylic oxidation sites excluding steroid dienone is 4. The summed E-state index contributed by atoms with van der Waals surface area (Å²) < 4.78 is 0. The van der Waals surface area contributed by atoms with E-state index in [9.17, 15) is 9.90 Å². The van der Waals surface area contributed by atoms with E-state index in [4.69, 9.17) is 0 Å². The van der Waals surface area contributed by atoms with Crippen molar-refractivity contribution in [2.75, 3.05) is 0 Å². The van der Waals surface area contributed by atoms with E-state index in [-0.39, 0.29) is 11.7 Å². The zero-order valence-corrected chi connectivity index (χ0v) is 11.2. The molecule has 2 aliphatic carbocycles. The van der Waals surface area contributed by atoms with E-state index in [0.29, 0.717) is 5.92 Å². The van der Waals surface area contributed by atoms with Gasteiger partial charge in [-0.1, -0.05) is 11.1 Å². The number of hydrogen-bond donors (Lipinski definition) is 1. The molecule has 1 fully saturated rings. The normalized spacial score (nSPS) is 37.6. The second-order valence-electron chi connectivity index (χ2n) is 6.04. The molecule has 0 radical (unpaired) electrons. The molecular weight excluding hydrogens is 212 g/mol. The van der Waals surface area contributed by atoms with E-state index in [0.717, 1.165) is 36.0 Å². The predicted octanol–water partition coefficient (Wildman–Crippen LogP) is 3.02. The molecule has 1 N–H and O–H groups in total. The first-order valence-corrected chi connectivity index (χ1v) is 6.44. The lowest BCUT2D eigenvalue weighted by atomic mass is 9.80. The third-order valence-electron chi connectivity index (χ3n) is 4.51. The van der Waals surface area contributed by atoms with Crippen LogP contribution in [-0.4, -0.2) is 16.5 Å². The summed E-state index contributed by atoms with van der Waals surface area (Å²) in [5.74, 6) is 0.730. The van der Waals surface area contributed by atoms with Crippen LogP contribution in [0.5, 0.6) is 0 Å². The van der Waals surface area contributed by atoms with Gasteiger partial charge in [0.05, 0.1) is 5.60 Å². The van der Waals surface area contributed by atoms with Crippen molar-refractivity contribution in [3.8, 4) is 0 Å².